The highest BCUT2D eigenvalue weighted by atomic mass is 16.5. The Bertz CT molecular complexity index is 1320. The minimum atomic E-state index is -0.121. The van der Waals surface area contributed by atoms with E-state index in [0.29, 0.717) is 31.9 Å². The van der Waals surface area contributed by atoms with Crippen molar-refractivity contribution in [2.24, 2.45) is 0 Å². The second kappa shape index (κ2) is 10.2. The summed E-state index contributed by atoms with van der Waals surface area (Å²) in [5.74, 6) is -0.121. The highest BCUT2D eigenvalue weighted by Crippen LogP contribution is 2.34. The molecule has 0 unspecified atom stereocenters. The van der Waals surface area contributed by atoms with Gasteiger partial charge in [-0.3, -0.25) is 4.79 Å². The SMILES string of the molecule is Cc1c[nH]c2ncc(-c3cc4c(c([C@@H]5COCCN5)c3)CN(C(=O)/C(C=N)=C/NC(C)C)CC4)cc12. The first-order chi connectivity index (χ1) is 17.4. The van der Waals surface area contributed by atoms with Crippen LogP contribution in [0.1, 0.15) is 42.1 Å². The largest absolute Gasteiger partial charge is 0.388 e. The van der Waals surface area contributed by atoms with E-state index in [-0.39, 0.29) is 18.0 Å². The third kappa shape index (κ3) is 4.79. The average molecular weight is 487 g/mol. The van der Waals surface area contributed by atoms with Crippen LogP contribution >= 0.6 is 0 Å². The molecular weight excluding hydrogens is 452 g/mol. The van der Waals surface area contributed by atoms with Crippen LogP contribution in [-0.2, 0) is 22.5 Å². The Balaban J connectivity index is 1.52. The number of hydrogen-bond acceptors (Lipinski definition) is 6. The minimum absolute atomic E-state index is 0.0635. The van der Waals surface area contributed by atoms with Crippen molar-refractivity contribution in [2.75, 3.05) is 26.3 Å². The number of aromatic nitrogens is 2. The first-order valence-corrected chi connectivity index (χ1v) is 12.6. The molecule has 0 aliphatic carbocycles. The summed E-state index contributed by atoms with van der Waals surface area (Å²) < 4.78 is 5.81. The predicted molar refractivity (Wildman–Crippen MR) is 142 cm³/mol. The molecule has 0 spiro atoms. The molecule has 0 bridgehead atoms. The maximum atomic E-state index is 13.3. The Morgan fingerprint density at radius 3 is 2.92 bits per heavy atom. The van der Waals surface area contributed by atoms with Crippen LogP contribution in [-0.4, -0.2) is 59.3 Å². The minimum Gasteiger partial charge on any atom is -0.388 e. The number of ether oxygens (including phenoxy) is 1. The quantitative estimate of drug-likeness (QED) is 0.315. The third-order valence-electron chi connectivity index (χ3n) is 7.01. The van der Waals surface area contributed by atoms with Crippen molar-refractivity contribution >= 4 is 23.2 Å². The van der Waals surface area contributed by atoms with E-state index in [1.54, 1.807) is 6.20 Å². The second-order valence-corrected chi connectivity index (χ2v) is 9.92. The van der Waals surface area contributed by atoms with Crippen LogP contribution in [0.25, 0.3) is 22.2 Å². The fourth-order valence-electron chi connectivity index (χ4n) is 5.01. The third-order valence-corrected chi connectivity index (χ3v) is 7.01. The molecule has 0 radical (unpaired) electrons. The van der Waals surface area contributed by atoms with Crippen molar-refractivity contribution in [1.29, 1.82) is 5.41 Å². The predicted octanol–water partition coefficient (Wildman–Crippen LogP) is 3.62. The number of pyridine rings is 1. The van der Waals surface area contributed by atoms with Gasteiger partial charge in [-0.25, -0.2) is 4.98 Å². The monoisotopic (exact) mass is 486 g/mol. The van der Waals surface area contributed by atoms with Gasteiger partial charge in [0, 0.05) is 61.4 Å². The van der Waals surface area contributed by atoms with Gasteiger partial charge in [0.2, 0.25) is 0 Å². The number of nitrogens with zero attached hydrogens (tertiary/aromatic N) is 2. The number of fused-ring (bicyclic) bond motifs is 2. The number of carbonyl (C=O) groups is 1. The number of rotatable bonds is 6. The van der Waals surface area contributed by atoms with Crippen molar-refractivity contribution in [3.05, 3.63) is 64.6 Å². The summed E-state index contributed by atoms with van der Waals surface area (Å²) in [5.41, 5.74) is 8.26. The molecule has 4 heterocycles. The molecule has 2 aliphatic heterocycles. The van der Waals surface area contributed by atoms with Gasteiger partial charge < -0.3 is 30.7 Å². The zero-order chi connectivity index (χ0) is 25.2. The van der Waals surface area contributed by atoms with Crippen molar-refractivity contribution < 1.29 is 9.53 Å². The zero-order valence-corrected chi connectivity index (χ0v) is 21.1. The average Bonchev–Trinajstić information content (AvgIpc) is 3.28. The Kier molecular flexibility index (Phi) is 6.89. The standard InChI is InChI=1S/C28H34N6O2/c1-17(2)31-14-22(11-29)28(35)34-6-4-19-8-20(21-10-23-18(3)12-32-27(23)33-13-21)9-24(25(19)15-34)26-16-36-7-5-30-26/h8-14,17,26,29-31H,4-7,15-16H2,1-3H3,(H,32,33)/b22-14+,29-11?/t26-/m0/s1. The molecule has 3 aromatic rings. The molecule has 5 rings (SSSR count). The van der Waals surface area contributed by atoms with E-state index in [9.17, 15) is 4.79 Å². The lowest BCUT2D eigenvalue weighted by Gasteiger charge is -2.34. The molecule has 36 heavy (non-hydrogen) atoms. The Morgan fingerprint density at radius 2 is 2.17 bits per heavy atom. The molecule has 1 aromatic carbocycles. The number of amides is 1. The van der Waals surface area contributed by atoms with Crippen molar-refractivity contribution in [3.63, 3.8) is 0 Å². The number of H-pyrrole nitrogens is 1. The number of hydrogen-bond donors (Lipinski definition) is 4. The normalized spacial score (nSPS) is 18.4. The molecular formula is C28H34N6O2. The van der Waals surface area contributed by atoms with Crippen molar-refractivity contribution in [2.45, 2.75) is 45.8 Å². The highest BCUT2D eigenvalue weighted by molar-refractivity contribution is 6.11. The van der Waals surface area contributed by atoms with Gasteiger partial charge in [-0.2, -0.15) is 0 Å². The smallest absolute Gasteiger partial charge is 0.257 e. The molecule has 2 aliphatic rings. The first kappa shape index (κ1) is 24.2. The van der Waals surface area contributed by atoms with Gasteiger partial charge in [-0.1, -0.05) is 6.07 Å². The fourth-order valence-corrected chi connectivity index (χ4v) is 5.01. The summed E-state index contributed by atoms with van der Waals surface area (Å²) in [4.78, 5) is 23.0. The van der Waals surface area contributed by atoms with E-state index in [2.05, 4.69) is 45.7 Å². The van der Waals surface area contributed by atoms with E-state index in [1.807, 2.05) is 31.1 Å². The Labute approximate surface area is 211 Å². The first-order valence-electron chi connectivity index (χ1n) is 12.6. The van der Waals surface area contributed by atoms with Gasteiger partial charge in [-0.05, 0) is 67.1 Å². The summed E-state index contributed by atoms with van der Waals surface area (Å²) in [5, 5.41) is 15.6. The number of carbonyl (C=O) groups excluding carboxylic acids is 1. The summed E-state index contributed by atoms with van der Waals surface area (Å²) in [6.45, 7) is 9.33. The van der Waals surface area contributed by atoms with Gasteiger partial charge in [0.15, 0.2) is 0 Å². The van der Waals surface area contributed by atoms with E-state index in [0.717, 1.165) is 41.3 Å². The van der Waals surface area contributed by atoms with Crippen LogP contribution in [0, 0.1) is 12.3 Å². The van der Waals surface area contributed by atoms with Crippen LogP contribution in [0.4, 0.5) is 0 Å². The molecule has 4 N–H and O–H groups in total. The topological polar surface area (TPSA) is 106 Å². The Hall–Kier alpha value is -3.49. The summed E-state index contributed by atoms with van der Waals surface area (Å²) in [7, 11) is 0. The van der Waals surface area contributed by atoms with E-state index in [4.69, 9.17) is 10.1 Å². The fraction of sp³-hybridized carbons (Fsp3) is 0.393. The van der Waals surface area contributed by atoms with Crippen LogP contribution in [0.15, 0.2) is 42.4 Å². The van der Waals surface area contributed by atoms with Gasteiger partial charge in [0.1, 0.15) is 5.65 Å². The molecule has 1 atom stereocenters. The van der Waals surface area contributed by atoms with Crippen LogP contribution < -0.4 is 10.6 Å². The molecule has 1 fully saturated rings. The maximum Gasteiger partial charge on any atom is 0.257 e. The zero-order valence-electron chi connectivity index (χ0n) is 21.1. The van der Waals surface area contributed by atoms with Gasteiger partial charge in [-0.15, -0.1) is 0 Å². The molecule has 8 heteroatoms. The summed E-state index contributed by atoms with van der Waals surface area (Å²) in [6.07, 6.45) is 7.47. The molecule has 0 saturated carbocycles. The number of aryl methyl sites for hydroxylation is 1. The lowest BCUT2D eigenvalue weighted by atomic mass is 9.87. The molecule has 1 amide bonds. The highest BCUT2D eigenvalue weighted by Gasteiger charge is 2.28. The molecule has 1 saturated heterocycles. The van der Waals surface area contributed by atoms with E-state index < -0.39 is 0 Å². The van der Waals surface area contributed by atoms with Crippen LogP contribution in [0.3, 0.4) is 0 Å². The number of nitrogens with one attached hydrogen (secondary N) is 4. The lowest BCUT2D eigenvalue weighted by Crippen LogP contribution is -2.40. The number of aromatic amines is 1. The van der Waals surface area contributed by atoms with E-state index in [1.165, 1.54) is 22.3 Å². The van der Waals surface area contributed by atoms with Crippen LogP contribution in [0.5, 0.6) is 0 Å². The van der Waals surface area contributed by atoms with Crippen molar-refractivity contribution in [1.82, 2.24) is 25.5 Å². The molecule has 8 nitrogen and oxygen atoms in total. The Morgan fingerprint density at radius 1 is 1.31 bits per heavy atom. The van der Waals surface area contributed by atoms with Crippen molar-refractivity contribution in [3.8, 4) is 11.1 Å². The van der Waals surface area contributed by atoms with Gasteiger partial charge in [0.25, 0.3) is 5.91 Å². The van der Waals surface area contributed by atoms with Gasteiger partial charge >= 0.3 is 0 Å². The molecule has 188 valence electrons. The number of benzene rings is 1. The van der Waals surface area contributed by atoms with Gasteiger partial charge in [0.05, 0.1) is 24.8 Å². The maximum absolute atomic E-state index is 13.3. The molecule has 2 aromatic heterocycles. The summed E-state index contributed by atoms with van der Waals surface area (Å²) in [6, 6.07) is 6.95. The number of morpholine rings is 1. The summed E-state index contributed by atoms with van der Waals surface area (Å²) >= 11 is 0. The lowest BCUT2D eigenvalue weighted by molar-refractivity contribution is -0.127. The second-order valence-electron chi connectivity index (χ2n) is 9.92. The van der Waals surface area contributed by atoms with E-state index >= 15 is 0 Å². The van der Waals surface area contributed by atoms with Crippen LogP contribution in [0.2, 0.25) is 0 Å².